The lowest BCUT2D eigenvalue weighted by molar-refractivity contribution is 0.218. The van der Waals surface area contributed by atoms with Crippen LogP contribution in [0.4, 0.5) is 0 Å². The quantitative estimate of drug-likeness (QED) is 0.836. The van der Waals surface area contributed by atoms with Crippen LogP contribution in [0.5, 0.6) is 0 Å². The van der Waals surface area contributed by atoms with Crippen molar-refractivity contribution in [3.05, 3.63) is 34.9 Å². The minimum atomic E-state index is 0.609. The minimum Gasteiger partial charge on any atom is -0.392 e. The zero-order valence-corrected chi connectivity index (χ0v) is 12.8. The lowest BCUT2D eigenvalue weighted by Gasteiger charge is -2.29. The molecule has 0 radical (unpaired) electrons. The normalized spacial score (nSPS) is 16.2. The van der Waals surface area contributed by atoms with Gasteiger partial charge < -0.3 is 5.73 Å². The van der Waals surface area contributed by atoms with Gasteiger partial charge in [-0.25, -0.2) is 0 Å². The van der Waals surface area contributed by atoms with Crippen molar-refractivity contribution in [2.75, 3.05) is 6.54 Å². The van der Waals surface area contributed by atoms with Gasteiger partial charge >= 0.3 is 0 Å². The van der Waals surface area contributed by atoms with Crippen molar-refractivity contribution in [1.29, 1.82) is 0 Å². The Morgan fingerprint density at radius 3 is 2.37 bits per heavy atom. The first kappa shape index (κ1) is 14.5. The third-order valence-corrected chi connectivity index (χ3v) is 4.33. The summed E-state index contributed by atoms with van der Waals surface area (Å²) in [6.45, 7) is 6.10. The minimum absolute atomic E-state index is 0.609. The number of nitrogens with zero attached hydrogens (tertiary/aromatic N) is 1. The van der Waals surface area contributed by atoms with Crippen LogP contribution in [-0.4, -0.2) is 22.5 Å². The van der Waals surface area contributed by atoms with Crippen LogP contribution in [0.3, 0.4) is 0 Å². The SMILES string of the molecule is Cc1cccc(C)c1CN(CC(N)=S)C1CCCC1. The number of nitrogens with two attached hydrogens (primary N) is 1. The van der Waals surface area contributed by atoms with Crippen molar-refractivity contribution >= 4 is 17.2 Å². The zero-order valence-electron chi connectivity index (χ0n) is 12.0. The zero-order chi connectivity index (χ0) is 13.8. The van der Waals surface area contributed by atoms with Gasteiger partial charge in [-0.15, -0.1) is 0 Å². The highest BCUT2D eigenvalue weighted by Crippen LogP contribution is 2.26. The molecule has 0 spiro atoms. The topological polar surface area (TPSA) is 29.3 Å². The van der Waals surface area contributed by atoms with E-state index in [-0.39, 0.29) is 0 Å². The molecular formula is C16H24N2S. The second-order valence-corrected chi connectivity index (χ2v) is 6.20. The molecule has 1 aliphatic carbocycles. The highest BCUT2D eigenvalue weighted by molar-refractivity contribution is 7.80. The summed E-state index contributed by atoms with van der Waals surface area (Å²) in [5.41, 5.74) is 9.95. The van der Waals surface area contributed by atoms with Gasteiger partial charge in [0, 0.05) is 19.1 Å². The van der Waals surface area contributed by atoms with Crippen molar-refractivity contribution in [3.63, 3.8) is 0 Å². The van der Waals surface area contributed by atoms with Crippen LogP contribution in [0.1, 0.15) is 42.4 Å². The molecule has 1 fully saturated rings. The van der Waals surface area contributed by atoms with Gasteiger partial charge in [-0.05, 0) is 43.4 Å². The van der Waals surface area contributed by atoms with E-state index in [4.69, 9.17) is 18.0 Å². The second-order valence-electron chi connectivity index (χ2n) is 5.68. The maximum Gasteiger partial charge on any atom is 0.0870 e. The number of hydrogen-bond donors (Lipinski definition) is 1. The monoisotopic (exact) mass is 276 g/mol. The van der Waals surface area contributed by atoms with E-state index in [2.05, 4.69) is 36.9 Å². The van der Waals surface area contributed by atoms with Crippen LogP contribution in [0.2, 0.25) is 0 Å². The van der Waals surface area contributed by atoms with Gasteiger partial charge in [0.05, 0.1) is 4.99 Å². The van der Waals surface area contributed by atoms with Gasteiger partial charge in [0.15, 0.2) is 0 Å². The summed E-state index contributed by atoms with van der Waals surface area (Å²) >= 11 is 5.13. The van der Waals surface area contributed by atoms with Crippen molar-refractivity contribution < 1.29 is 0 Å². The number of hydrogen-bond acceptors (Lipinski definition) is 2. The summed E-state index contributed by atoms with van der Waals surface area (Å²) in [6.07, 6.45) is 5.25. The molecule has 0 aromatic heterocycles. The molecule has 0 bridgehead atoms. The smallest absolute Gasteiger partial charge is 0.0870 e. The van der Waals surface area contributed by atoms with Gasteiger partial charge in [-0.3, -0.25) is 4.90 Å². The van der Waals surface area contributed by atoms with E-state index in [0.717, 1.165) is 13.1 Å². The van der Waals surface area contributed by atoms with Gasteiger partial charge in [-0.1, -0.05) is 43.3 Å². The highest BCUT2D eigenvalue weighted by Gasteiger charge is 2.23. The Morgan fingerprint density at radius 1 is 1.26 bits per heavy atom. The summed E-state index contributed by atoms with van der Waals surface area (Å²) in [7, 11) is 0. The summed E-state index contributed by atoms with van der Waals surface area (Å²) in [5, 5.41) is 0. The first-order valence-corrected chi connectivity index (χ1v) is 7.56. The van der Waals surface area contributed by atoms with E-state index >= 15 is 0 Å². The Bertz CT molecular complexity index is 430. The molecular weight excluding hydrogens is 252 g/mol. The molecule has 0 heterocycles. The molecule has 0 unspecified atom stereocenters. The molecule has 1 aromatic rings. The second kappa shape index (κ2) is 6.49. The molecule has 2 rings (SSSR count). The average Bonchev–Trinajstić information content (AvgIpc) is 2.85. The van der Waals surface area contributed by atoms with E-state index in [1.54, 1.807) is 0 Å². The molecule has 1 saturated carbocycles. The van der Waals surface area contributed by atoms with E-state index in [1.807, 2.05) is 0 Å². The van der Waals surface area contributed by atoms with Crippen LogP contribution < -0.4 is 5.73 Å². The Hall–Kier alpha value is -0.930. The molecule has 2 N–H and O–H groups in total. The lowest BCUT2D eigenvalue weighted by atomic mass is 10.0. The average molecular weight is 276 g/mol. The van der Waals surface area contributed by atoms with Crippen LogP contribution in [0.15, 0.2) is 18.2 Å². The Balaban J connectivity index is 2.17. The Labute approximate surface area is 122 Å². The highest BCUT2D eigenvalue weighted by atomic mass is 32.1. The first-order valence-electron chi connectivity index (χ1n) is 7.15. The predicted molar refractivity (Wildman–Crippen MR) is 85.4 cm³/mol. The van der Waals surface area contributed by atoms with E-state index in [9.17, 15) is 0 Å². The van der Waals surface area contributed by atoms with Gasteiger partial charge in [0.1, 0.15) is 0 Å². The molecule has 3 heteroatoms. The van der Waals surface area contributed by atoms with Crippen LogP contribution >= 0.6 is 12.2 Å². The molecule has 104 valence electrons. The summed E-state index contributed by atoms with van der Waals surface area (Å²) in [5.74, 6) is 0. The van der Waals surface area contributed by atoms with Crippen molar-refractivity contribution in [1.82, 2.24) is 4.90 Å². The predicted octanol–water partition coefficient (Wildman–Crippen LogP) is 3.33. The molecule has 19 heavy (non-hydrogen) atoms. The fourth-order valence-corrected chi connectivity index (χ4v) is 3.25. The van der Waals surface area contributed by atoms with Gasteiger partial charge in [0.2, 0.25) is 0 Å². The van der Waals surface area contributed by atoms with E-state index < -0.39 is 0 Å². The summed E-state index contributed by atoms with van der Waals surface area (Å²) in [4.78, 5) is 3.09. The third kappa shape index (κ3) is 3.77. The number of benzene rings is 1. The van der Waals surface area contributed by atoms with Gasteiger partial charge in [0.25, 0.3) is 0 Å². The number of rotatable bonds is 5. The Kier molecular flexibility index (Phi) is 4.94. The lowest BCUT2D eigenvalue weighted by Crippen LogP contribution is -2.39. The largest absolute Gasteiger partial charge is 0.392 e. The molecule has 1 aromatic carbocycles. The van der Waals surface area contributed by atoms with Crippen LogP contribution in [0, 0.1) is 13.8 Å². The van der Waals surface area contributed by atoms with Gasteiger partial charge in [-0.2, -0.15) is 0 Å². The maximum atomic E-state index is 5.78. The van der Waals surface area contributed by atoms with Crippen molar-refractivity contribution in [2.45, 2.75) is 52.1 Å². The molecule has 0 atom stereocenters. The standard InChI is InChI=1S/C16H24N2S/c1-12-6-5-7-13(2)15(12)10-18(11-16(17)19)14-8-3-4-9-14/h5-7,14H,3-4,8-11H2,1-2H3,(H2,17,19). The van der Waals surface area contributed by atoms with Crippen molar-refractivity contribution in [2.24, 2.45) is 5.73 Å². The van der Waals surface area contributed by atoms with Crippen LogP contribution in [-0.2, 0) is 6.54 Å². The molecule has 1 aliphatic rings. The molecule has 2 nitrogen and oxygen atoms in total. The van der Waals surface area contributed by atoms with E-state index in [0.29, 0.717) is 11.0 Å². The molecule has 0 saturated heterocycles. The van der Waals surface area contributed by atoms with Crippen LogP contribution in [0.25, 0.3) is 0 Å². The fraction of sp³-hybridized carbons (Fsp3) is 0.562. The summed E-state index contributed by atoms with van der Waals surface area (Å²) in [6, 6.07) is 7.16. The molecule has 0 amide bonds. The maximum absolute atomic E-state index is 5.78. The third-order valence-electron chi connectivity index (χ3n) is 4.21. The number of thiocarbonyl (C=S) groups is 1. The number of aryl methyl sites for hydroxylation is 2. The Morgan fingerprint density at radius 2 is 1.84 bits per heavy atom. The van der Waals surface area contributed by atoms with Crippen molar-refractivity contribution in [3.8, 4) is 0 Å². The van der Waals surface area contributed by atoms with E-state index in [1.165, 1.54) is 42.4 Å². The summed E-state index contributed by atoms with van der Waals surface area (Å²) < 4.78 is 0. The fourth-order valence-electron chi connectivity index (χ4n) is 3.09. The molecule has 0 aliphatic heterocycles. The first-order chi connectivity index (χ1) is 9.08.